The smallest absolute Gasteiger partial charge is 0.245 e. The van der Waals surface area contributed by atoms with Gasteiger partial charge in [-0.1, -0.05) is 46.3 Å². The molecule has 0 aliphatic carbocycles. The molecule has 1 saturated heterocycles. The van der Waals surface area contributed by atoms with Gasteiger partial charge in [-0.25, -0.2) is 8.42 Å². The number of halogens is 1. The molecular weight excluding hydrogens is 506 g/mol. The van der Waals surface area contributed by atoms with Crippen LogP contribution in [-0.2, 0) is 26.0 Å². The van der Waals surface area contributed by atoms with Crippen LogP contribution in [0.2, 0.25) is 0 Å². The summed E-state index contributed by atoms with van der Waals surface area (Å²) in [5.41, 5.74) is 2.37. The Bertz CT molecular complexity index is 1160. The highest BCUT2D eigenvalue weighted by molar-refractivity contribution is 9.10. The highest BCUT2D eigenvalue weighted by Gasteiger charge is 2.37. The number of fused-ring (bicyclic) bond motifs is 1. The quantitative estimate of drug-likeness (QED) is 0.635. The van der Waals surface area contributed by atoms with Crippen LogP contribution in [-0.4, -0.2) is 44.2 Å². The zero-order valence-corrected chi connectivity index (χ0v) is 21.2. The van der Waals surface area contributed by atoms with Gasteiger partial charge in [0.05, 0.1) is 11.7 Å². The molecule has 0 aromatic heterocycles. The number of nitrogens with zero attached hydrogens (tertiary/aromatic N) is 2. The molecule has 176 valence electrons. The van der Waals surface area contributed by atoms with Crippen molar-refractivity contribution >= 4 is 43.5 Å². The van der Waals surface area contributed by atoms with Crippen LogP contribution >= 0.6 is 15.9 Å². The Labute approximate surface area is 203 Å². The number of hydrogen-bond donors (Lipinski definition) is 1. The van der Waals surface area contributed by atoms with Gasteiger partial charge in [0.15, 0.2) is 0 Å². The van der Waals surface area contributed by atoms with Crippen LogP contribution in [0.15, 0.2) is 51.8 Å². The largest absolute Gasteiger partial charge is 0.349 e. The number of nitrogens with one attached hydrogen (secondary N) is 1. The predicted molar refractivity (Wildman–Crippen MR) is 130 cm³/mol. The fraction of sp³-hybridized carbons (Fsp3) is 0.417. The number of piperidine rings is 1. The third-order valence-corrected chi connectivity index (χ3v) is 8.84. The molecule has 1 N–H and O–H groups in total. The molecule has 1 atom stereocenters. The number of anilines is 1. The van der Waals surface area contributed by atoms with Gasteiger partial charge in [-0.05, 0) is 49.4 Å². The number of carbonyl (C=O) groups excluding carboxylic acids is 2. The first-order valence-corrected chi connectivity index (χ1v) is 13.4. The third kappa shape index (κ3) is 4.85. The van der Waals surface area contributed by atoms with Crippen molar-refractivity contribution in [3.8, 4) is 0 Å². The van der Waals surface area contributed by atoms with Crippen LogP contribution in [0.5, 0.6) is 0 Å². The fourth-order valence-corrected chi connectivity index (χ4v) is 7.02. The first kappa shape index (κ1) is 23.9. The van der Waals surface area contributed by atoms with Gasteiger partial charge < -0.3 is 10.2 Å². The average molecular weight is 534 g/mol. The summed E-state index contributed by atoms with van der Waals surface area (Å²) in [5, 5.41) is 3.05. The molecule has 2 aliphatic heterocycles. The molecule has 0 radical (unpaired) electrons. The van der Waals surface area contributed by atoms with E-state index in [0.717, 1.165) is 11.1 Å². The van der Waals surface area contributed by atoms with Crippen LogP contribution < -0.4 is 10.2 Å². The summed E-state index contributed by atoms with van der Waals surface area (Å²) in [6.45, 7) is 4.41. The Morgan fingerprint density at radius 1 is 1.09 bits per heavy atom. The van der Waals surface area contributed by atoms with E-state index in [9.17, 15) is 18.0 Å². The van der Waals surface area contributed by atoms with Crippen molar-refractivity contribution in [3.63, 3.8) is 0 Å². The Morgan fingerprint density at radius 2 is 1.76 bits per heavy atom. The van der Waals surface area contributed by atoms with Gasteiger partial charge in [0.25, 0.3) is 0 Å². The van der Waals surface area contributed by atoms with Gasteiger partial charge in [-0.2, -0.15) is 4.31 Å². The molecule has 9 heteroatoms. The van der Waals surface area contributed by atoms with E-state index >= 15 is 0 Å². The van der Waals surface area contributed by atoms with E-state index in [1.807, 2.05) is 43.3 Å². The van der Waals surface area contributed by atoms with Crippen LogP contribution in [0.25, 0.3) is 0 Å². The molecule has 2 aromatic carbocycles. The zero-order valence-electron chi connectivity index (χ0n) is 18.8. The molecular formula is C24H28BrN3O4S. The van der Waals surface area contributed by atoms with Crippen molar-refractivity contribution in [1.82, 2.24) is 9.62 Å². The summed E-state index contributed by atoms with van der Waals surface area (Å²) >= 11 is 3.42. The maximum Gasteiger partial charge on any atom is 0.245 e. The third-order valence-electron chi connectivity index (χ3n) is 6.47. The van der Waals surface area contributed by atoms with Crippen molar-refractivity contribution in [2.45, 2.75) is 44.0 Å². The van der Waals surface area contributed by atoms with Crippen molar-refractivity contribution in [2.75, 3.05) is 24.5 Å². The average Bonchev–Trinajstić information content (AvgIpc) is 3.23. The fourth-order valence-electron chi connectivity index (χ4n) is 4.63. The lowest BCUT2D eigenvalue weighted by molar-refractivity contribution is -0.126. The van der Waals surface area contributed by atoms with E-state index in [1.165, 1.54) is 11.2 Å². The summed E-state index contributed by atoms with van der Waals surface area (Å²) in [5.74, 6) is -0.450. The lowest BCUT2D eigenvalue weighted by Crippen LogP contribution is -2.43. The van der Waals surface area contributed by atoms with E-state index in [0.29, 0.717) is 36.0 Å². The van der Waals surface area contributed by atoms with E-state index in [2.05, 4.69) is 21.2 Å². The SMILES string of the molecule is CC(=O)N1CCc2cc(Br)cc(S(=O)(=O)N3CCC(C(=O)N[C@H](C)c4ccccc4)CC3)c21. The van der Waals surface area contributed by atoms with Crippen molar-refractivity contribution < 1.29 is 18.0 Å². The van der Waals surface area contributed by atoms with Gasteiger partial charge in [-0.3, -0.25) is 9.59 Å². The minimum Gasteiger partial charge on any atom is -0.349 e. The molecule has 0 spiro atoms. The zero-order chi connectivity index (χ0) is 23.8. The van der Waals surface area contributed by atoms with Crippen LogP contribution in [0.1, 0.15) is 43.9 Å². The van der Waals surface area contributed by atoms with Crippen molar-refractivity contribution in [1.29, 1.82) is 0 Å². The maximum atomic E-state index is 13.6. The molecule has 2 heterocycles. The molecule has 2 aliphatic rings. The molecule has 1 fully saturated rings. The monoisotopic (exact) mass is 533 g/mol. The number of sulfonamides is 1. The standard InChI is InChI=1S/C24H28BrN3O4S/c1-16(18-6-4-3-5-7-18)26-24(30)19-8-11-27(12-9-19)33(31,32)22-15-21(25)14-20-10-13-28(17(2)29)23(20)22/h3-7,14-16,19H,8-13H2,1-2H3,(H,26,30)/t16-/m1/s1. The van der Waals surface area contributed by atoms with Crippen molar-refractivity contribution in [2.24, 2.45) is 5.92 Å². The second-order valence-corrected chi connectivity index (χ2v) is 11.5. The number of benzene rings is 2. The Balaban J connectivity index is 1.47. The number of carbonyl (C=O) groups is 2. The van der Waals surface area contributed by atoms with E-state index in [-0.39, 0.29) is 41.8 Å². The highest BCUT2D eigenvalue weighted by Crippen LogP contribution is 2.39. The molecule has 0 saturated carbocycles. The van der Waals surface area contributed by atoms with E-state index in [1.54, 1.807) is 11.0 Å². The first-order valence-electron chi connectivity index (χ1n) is 11.1. The Morgan fingerprint density at radius 3 is 2.39 bits per heavy atom. The minimum atomic E-state index is -3.81. The predicted octanol–water partition coefficient (Wildman–Crippen LogP) is 3.64. The molecule has 0 unspecified atom stereocenters. The van der Waals surface area contributed by atoms with Gasteiger partial charge in [0.1, 0.15) is 4.90 Å². The molecule has 7 nitrogen and oxygen atoms in total. The molecule has 2 aromatic rings. The van der Waals surface area contributed by atoms with Gasteiger partial charge in [0, 0.05) is 36.9 Å². The van der Waals surface area contributed by atoms with Gasteiger partial charge in [0.2, 0.25) is 21.8 Å². The molecule has 0 bridgehead atoms. The van der Waals surface area contributed by atoms with Gasteiger partial charge in [-0.15, -0.1) is 0 Å². The summed E-state index contributed by atoms with van der Waals surface area (Å²) in [4.78, 5) is 26.6. The van der Waals surface area contributed by atoms with Crippen LogP contribution in [0, 0.1) is 5.92 Å². The number of hydrogen-bond acceptors (Lipinski definition) is 4. The Kier molecular flexibility index (Phi) is 6.93. The van der Waals surface area contributed by atoms with Gasteiger partial charge >= 0.3 is 0 Å². The summed E-state index contributed by atoms with van der Waals surface area (Å²) in [6.07, 6.45) is 1.54. The number of rotatable bonds is 5. The summed E-state index contributed by atoms with van der Waals surface area (Å²) in [6, 6.07) is 13.1. The first-order chi connectivity index (χ1) is 15.7. The normalized spacial score (nSPS) is 18.1. The summed E-state index contributed by atoms with van der Waals surface area (Å²) in [7, 11) is -3.81. The lowest BCUT2D eigenvalue weighted by atomic mass is 9.96. The van der Waals surface area contributed by atoms with E-state index < -0.39 is 10.0 Å². The van der Waals surface area contributed by atoms with Crippen LogP contribution in [0.4, 0.5) is 5.69 Å². The van der Waals surface area contributed by atoms with Crippen molar-refractivity contribution in [3.05, 3.63) is 58.1 Å². The summed E-state index contributed by atoms with van der Waals surface area (Å²) < 4.78 is 29.3. The highest BCUT2D eigenvalue weighted by atomic mass is 79.9. The lowest BCUT2D eigenvalue weighted by Gasteiger charge is -2.32. The van der Waals surface area contributed by atoms with Crippen LogP contribution in [0.3, 0.4) is 0 Å². The second-order valence-electron chi connectivity index (χ2n) is 8.65. The minimum absolute atomic E-state index is 0.0468. The molecule has 4 rings (SSSR count). The maximum absolute atomic E-state index is 13.6. The van der Waals surface area contributed by atoms with E-state index in [4.69, 9.17) is 0 Å². The Hall–Kier alpha value is -2.23. The number of amides is 2. The molecule has 33 heavy (non-hydrogen) atoms. The second kappa shape index (κ2) is 9.56. The molecule has 2 amide bonds. The topological polar surface area (TPSA) is 86.8 Å².